The predicted octanol–water partition coefficient (Wildman–Crippen LogP) is 4.77. The fraction of sp³-hybridized carbons (Fsp3) is 0.160. The van der Waals surface area contributed by atoms with Gasteiger partial charge in [-0.05, 0) is 92.6 Å². The van der Waals surface area contributed by atoms with E-state index in [-0.39, 0.29) is 11.4 Å². The molecule has 2 aliphatic rings. The normalized spacial score (nSPS) is 16.8. The molecule has 1 aromatic carbocycles. The molecule has 5 rings (SSSR count). The number of nitrogens with one attached hydrogen (secondary N) is 1. The van der Waals surface area contributed by atoms with Crippen LogP contribution in [0.5, 0.6) is 0 Å². The highest BCUT2D eigenvalue weighted by atomic mass is 32.2. The van der Waals surface area contributed by atoms with Gasteiger partial charge in [0.2, 0.25) is 5.17 Å². The number of amidine groups is 2. The number of hydrogen-bond donors (Lipinski definition) is 1. The molecule has 164 valence electrons. The fourth-order valence-corrected chi connectivity index (χ4v) is 4.83. The van der Waals surface area contributed by atoms with Crippen LogP contribution in [-0.4, -0.2) is 36.5 Å². The standard InChI is InChI=1S/C25H22N6OS/c1-14-7-8-20(10-15(14)2)30-16(3)11-19(17(30)4)12-21-22(26)31-25(28-23(21)32)33-24(29-31)18-6-5-9-27-13-18/h5-13,26H,1-4H3. The van der Waals surface area contributed by atoms with Crippen LogP contribution in [0.25, 0.3) is 11.8 Å². The summed E-state index contributed by atoms with van der Waals surface area (Å²) in [6.07, 6.45) is 5.14. The first-order valence-electron chi connectivity index (χ1n) is 10.5. The number of aliphatic imine (C=N–C) groups is 1. The molecule has 7 nitrogen and oxygen atoms in total. The van der Waals surface area contributed by atoms with Crippen molar-refractivity contribution in [3.63, 3.8) is 0 Å². The second-order valence-electron chi connectivity index (χ2n) is 8.10. The molecule has 0 saturated heterocycles. The van der Waals surface area contributed by atoms with Crippen LogP contribution in [0.4, 0.5) is 0 Å². The van der Waals surface area contributed by atoms with Crippen LogP contribution in [0, 0.1) is 33.1 Å². The minimum absolute atomic E-state index is 0.0207. The van der Waals surface area contributed by atoms with E-state index in [9.17, 15) is 4.79 Å². The second-order valence-corrected chi connectivity index (χ2v) is 9.05. The number of carbonyl (C=O) groups excluding carboxylic acids is 1. The third-order valence-corrected chi connectivity index (χ3v) is 6.84. The van der Waals surface area contributed by atoms with Gasteiger partial charge in [0, 0.05) is 35.0 Å². The first-order chi connectivity index (χ1) is 15.8. The first kappa shape index (κ1) is 21.1. The summed E-state index contributed by atoms with van der Waals surface area (Å²) < 4.78 is 2.16. The highest BCUT2D eigenvalue weighted by Gasteiger charge is 2.36. The van der Waals surface area contributed by atoms with Gasteiger partial charge in [-0.1, -0.05) is 6.07 Å². The van der Waals surface area contributed by atoms with E-state index in [4.69, 9.17) is 5.41 Å². The molecule has 8 heteroatoms. The monoisotopic (exact) mass is 454 g/mol. The molecule has 0 fully saturated rings. The summed E-state index contributed by atoms with van der Waals surface area (Å²) in [5.74, 6) is -0.412. The Labute approximate surface area is 196 Å². The highest BCUT2D eigenvalue weighted by molar-refractivity contribution is 8.27. The molecule has 4 heterocycles. The van der Waals surface area contributed by atoms with E-state index < -0.39 is 5.91 Å². The van der Waals surface area contributed by atoms with Crippen LogP contribution in [0.2, 0.25) is 0 Å². The van der Waals surface area contributed by atoms with E-state index in [0.717, 1.165) is 28.2 Å². The van der Waals surface area contributed by atoms with Crippen LogP contribution >= 0.6 is 11.8 Å². The van der Waals surface area contributed by atoms with Crippen molar-refractivity contribution in [1.29, 1.82) is 5.41 Å². The Morgan fingerprint density at radius 2 is 1.88 bits per heavy atom. The molecule has 1 amide bonds. The largest absolute Gasteiger partial charge is 0.318 e. The second kappa shape index (κ2) is 7.97. The van der Waals surface area contributed by atoms with Crippen molar-refractivity contribution in [3.05, 3.63) is 88.0 Å². The van der Waals surface area contributed by atoms with E-state index in [1.54, 1.807) is 18.5 Å². The minimum Gasteiger partial charge on any atom is -0.318 e. The van der Waals surface area contributed by atoms with Gasteiger partial charge in [-0.2, -0.15) is 15.1 Å². The van der Waals surface area contributed by atoms with Crippen molar-refractivity contribution < 1.29 is 4.79 Å². The van der Waals surface area contributed by atoms with Gasteiger partial charge in [0.25, 0.3) is 5.91 Å². The molecule has 0 radical (unpaired) electrons. The zero-order valence-electron chi connectivity index (χ0n) is 18.7. The third-order valence-electron chi connectivity index (χ3n) is 5.88. The lowest BCUT2D eigenvalue weighted by Gasteiger charge is -2.20. The summed E-state index contributed by atoms with van der Waals surface area (Å²) in [6.45, 7) is 8.25. The van der Waals surface area contributed by atoms with Crippen molar-refractivity contribution >= 4 is 39.8 Å². The number of fused-ring (bicyclic) bond motifs is 1. The molecule has 2 aromatic heterocycles. The van der Waals surface area contributed by atoms with Crippen molar-refractivity contribution in [2.24, 2.45) is 10.1 Å². The summed E-state index contributed by atoms with van der Waals surface area (Å²) in [7, 11) is 0. The number of rotatable bonds is 3. The molecule has 0 spiro atoms. The average Bonchev–Trinajstić information content (AvgIpc) is 3.34. The topological polar surface area (TPSA) is 86.7 Å². The van der Waals surface area contributed by atoms with Gasteiger partial charge in [0.1, 0.15) is 5.04 Å². The van der Waals surface area contributed by atoms with E-state index in [0.29, 0.717) is 10.2 Å². The Morgan fingerprint density at radius 1 is 1.06 bits per heavy atom. The van der Waals surface area contributed by atoms with Gasteiger partial charge in [-0.3, -0.25) is 15.2 Å². The maximum Gasteiger partial charge on any atom is 0.283 e. The summed E-state index contributed by atoms with van der Waals surface area (Å²) in [6, 6.07) is 12.1. The van der Waals surface area contributed by atoms with Gasteiger partial charge in [-0.25, -0.2) is 0 Å². The molecule has 0 aliphatic carbocycles. The van der Waals surface area contributed by atoms with Crippen LogP contribution in [-0.2, 0) is 4.79 Å². The molecule has 3 aromatic rings. The van der Waals surface area contributed by atoms with Crippen molar-refractivity contribution in [3.8, 4) is 5.69 Å². The number of hydrogen-bond acceptors (Lipinski definition) is 5. The van der Waals surface area contributed by atoms with Crippen LogP contribution < -0.4 is 0 Å². The van der Waals surface area contributed by atoms with Crippen LogP contribution in [0.3, 0.4) is 0 Å². The Balaban J connectivity index is 1.52. The predicted molar refractivity (Wildman–Crippen MR) is 133 cm³/mol. The molecular weight excluding hydrogens is 432 g/mol. The first-order valence-corrected chi connectivity index (χ1v) is 11.3. The van der Waals surface area contributed by atoms with Crippen LogP contribution in [0.1, 0.15) is 33.6 Å². The van der Waals surface area contributed by atoms with Gasteiger partial charge in [0.15, 0.2) is 5.84 Å². The number of aryl methyl sites for hydroxylation is 3. The Hall–Kier alpha value is -3.78. The number of nitrogens with zero attached hydrogens (tertiary/aromatic N) is 5. The number of thioether (sulfide) groups is 1. The molecular formula is C25H22N6OS. The van der Waals surface area contributed by atoms with Crippen LogP contribution in [0.15, 0.2) is 64.5 Å². The number of hydrazone groups is 1. The maximum atomic E-state index is 12.8. The van der Waals surface area contributed by atoms with Crippen molar-refractivity contribution in [2.45, 2.75) is 27.7 Å². The lowest BCUT2D eigenvalue weighted by atomic mass is 10.1. The Bertz CT molecular complexity index is 1410. The van der Waals surface area contributed by atoms with E-state index >= 15 is 0 Å². The summed E-state index contributed by atoms with van der Waals surface area (Å²) in [5.41, 5.74) is 7.50. The molecule has 0 atom stereocenters. The van der Waals surface area contributed by atoms with Gasteiger partial charge < -0.3 is 4.57 Å². The summed E-state index contributed by atoms with van der Waals surface area (Å²) in [5, 5.41) is 15.7. The summed E-state index contributed by atoms with van der Waals surface area (Å²) in [4.78, 5) is 21.2. The number of amides is 1. The quantitative estimate of drug-likeness (QED) is 0.578. The van der Waals surface area contributed by atoms with E-state index in [1.165, 1.54) is 27.9 Å². The van der Waals surface area contributed by atoms with Crippen molar-refractivity contribution in [1.82, 2.24) is 14.6 Å². The average molecular weight is 455 g/mol. The van der Waals surface area contributed by atoms with Gasteiger partial charge >= 0.3 is 0 Å². The van der Waals surface area contributed by atoms with E-state index in [1.807, 2.05) is 32.0 Å². The lowest BCUT2D eigenvalue weighted by molar-refractivity contribution is -0.114. The Kier molecular flexibility index (Phi) is 5.09. The molecule has 2 aliphatic heterocycles. The smallest absolute Gasteiger partial charge is 0.283 e. The lowest BCUT2D eigenvalue weighted by Crippen LogP contribution is -2.35. The van der Waals surface area contributed by atoms with Gasteiger partial charge in [-0.15, -0.1) is 0 Å². The minimum atomic E-state index is -0.433. The zero-order chi connectivity index (χ0) is 23.3. The highest BCUT2D eigenvalue weighted by Crippen LogP contribution is 2.31. The fourth-order valence-electron chi connectivity index (χ4n) is 3.95. The molecule has 33 heavy (non-hydrogen) atoms. The maximum absolute atomic E-state index is 12.8. The van der Waals surface area contributed by atoms with E-state index in [2.05, 4.69) is 51.7 Å². The molecule has 1 N–H and O–H groups in total. The van der Waals surface area contributed by atoms with Gasteiger partial charge in [0.05, 0.1) is 5.57 Å². The number of pyridine rings is 1. The molecule has 0 saturated carbocycles. The Morgan fingerprint density at radius 3 is 2.61 bits per heavy atom. The molecule has 0 bridgehead atoms. The summed E-state index contributed by atoms with van der Waals surface area (Å²) >= 11 is 1.27. The number of aromatic nitrogens is 2. The number of carbonyl (C=O) groups is 1. The zero-order valence-corrected chi connectivity index (χ0v) is 19.6. The molecule has 0 unspecified atom stereocenters. The SMILES string of the molecule is Cc1ccc(-n2c(C)cc(C=C3C(=N)N4N=C(c5cccnc5)SC4=NC3=O)c2C)cc1C. The van der Waals surface area contributed by atoms with Crippen molar-refractivity contribution in [2.75, 3.05) is 0 Å². The third kappa shape index (κ3) is 3.62. The number of benzene rings is 1.